The van der Waals surface area contributed by atoms with Gasteiger partial charge in [-0.05, 0) is 67.8 Å². The van der Waals surface area contributed by atoms with E-state index in [1.54, 1.807) is 54.8 Å². The second-order valence-corrected chi connectivity index (χ2v) is 5.49. The van der Waals surface area contributed by atoms with E-state index in [4.69, 9.17) is 14.7 Å². The van der Waals surface area contributed by atoms with E-state index in [0.717, 1.165) is 12.8 Å². The van der Waals surface area contributed by atoms with Crippen molar-refractivity contribution in [1.29, 1.82) is 5.26 Å². The number of esters is 1. The lowest BCUT2D eigenvalue weighted by molar-refractivity contribution is -0.134. The second kappa shape index (κ2) is 11.1. The summed E-state index contributed by atoms with van der Waals surface area (Å²) in [5, 5.41) is 8.41. The van der Waals surface area contributed by atoms with Gasteiger partial charge in [-0.1, -0.05) is 0 Å². The molecule has 2 rings (SSSR count). The number of isocyanates is 1. The largest absolute Gasteiger partial charge is 0.494 e. The first-order valence-corrected chi connectivity index (χ1v) is 8.38. The lowest BCUT2D eigenvalue weighted by Gasteiger charge is -2.07. The molecule has 2 aromatic rings. The summed E-state index contributed by atoms with van der Waals surface area (Å²) in [6.45, 7) is 0.534. The molecule has 27 heavy (non-hydrogen) atoms. The van der Waals surface area contributed by atoms with Gasteiger partial charge in [0.1, 0.15) is 17.2 Å². The first kappa shape index (κ1) is 19.7. The van der Waals surface area contributed by atoms with E-state index < -0.39 is 0 Å². The van der Waals surface area contributed by atoms with Crippen LogP contribution in [-0.2, 0) is 9.59 Å². The van der Waals surface area contributed by atoms with Crippen molar-refractivity contribution in [3.8, 4) is 23.5 Å². The number of carbonyl (C=O) groups is 1. The van der Waals surface area contributed by atoms with E-state index in [2.05, 4.69) is 9.73 Å². The molecular weight excluding hydrogens is 348 g/mol. The molecule has 0 aliphatic heterocycles. The lowest BCUT2D eigenvalue weighted by atomic mass is 10.2. The van der Waals surface area contributed by atoms with E-state index in [0.29, 0.717) is 42.4 Å². The van der Waals surface area contributed by atoms with E-state index >= 15 is 0 Å². The maximum absolute atomic E-state index is 11.8. The monoisotopic (exact) mass is 366 g/mol. The number of nitriles is 1. The topological polar surface area (TPSA) is 98.0 Å². The van der Waals surface area contributed by atoms with Gasteiger partial charge in [0.2, 0.25) is 6.08 Å². The van der Waals surface area contributed by atoms with Gasteiger partial charge in [-0.2, -0.15) is 4.99 Å². The highest BCUT2D eigenvalue weighted by Crippen LogP contribution is 2.19. The van der Waals surface area contributed by atoms with Crippen LogP contribution in [0.5, 0.6) is 17.2 Å². The lowest BCUT2D eigenvalue weighted by Crippen LogP contribution is -2.07. The van der Waals surface area contributed by atoms with Gasteiger partial charge < -0.3 is 14.2 Å². The van der Waals surface area contributed by atoms with Crippen molar-refractivity contribution in [3.05, 3.63) is 48.5 Å². The molecule has 138 valence electrons. The highest BCUT2D eigenvalue weighted by molar-refractivity contribution is 5.72. The fraction of sp³-hybridized carbons (Fsp3) is 0.250. The van der Waals surface area contributed by atoms with Gasteiger partial charge in [0, 0.05) is 6.42 Å². The van der Waals surface area contributed by atoms with Crippen molar-refractivity contribution in [2.45, 2.75) is 25.7 Å². The van der Waals surface area contributed by atoms with Crippen molar-refractivity contribution in [2.75, 3.05) is 6.61 Å². The molecule has 0 fully saturated rings. The van der Waals surface area contributed by atoms with E-state index in [-0.39, 0.29) is 5.97 Å². The Morgan fingerprint density at radius 2 is 1.59 bits per heavy atom. The number of unbranched alkanes of at least 4 members (excludes halogenated alkanes) is 2. The molecule has 7 heteroatoms. The molecular formula is C20H18N2O5. The van der Waals surface area contributed by atoms with Crippen LogP contribution in [0.25, 0.3) is 0 Å². The average Bonchev–Trinajstić information content (AvgIpc) is 2.68. The zero-order chi connectivity index (χ0) is 19.3. The molecule has 0 unspecified atom stereocenters. The van der Waals surface area contributed by atoms with E-state index in [1.807, 2.05) is 0 Å². The predicted molar refractivity (Wildman–Crippen MR) is 96.5 cm³/mol. The number of carbonyl (C=O) groups excluding carboxylic acids is 2. The molecule has 0 amide bonds. The Morgan fingerprint density at radius 3 is 2.26 bits per heavy atom. The second-order valence-electron chi connectivity index (χ2n) is 5.49. The summed E-state index contributed by atoms with van der Waals surface area (Å²) < 4.78 is 15.5. The van der Waals surface area contributed by atoms with Crippen LogP contribution in [0.2, 0.25) is 0 Å². The van der Waals surface area contributed by atoms with Crippen LogP contribution in [-0.4, -0.2) is 18.7 Å². The molecule has 0 heterocycles. The number of rotatable bonds is 10. The third-order valence-corrected chi connectivity index (χ3v) is 3.52. The standard InChI is InChI=1S/C20H18N2O5/c21-14-26-18-11-9-17(10-12-18)25-13-3-1-2-4-20(24)27-19-7-5-16(6-8-19)22-15-23/h5-12H,1-4,13H2. The van der Waals surface area contributed by atoms with Crippen LogP contribution >= 0.6 is 0 Å². The molecule has 0 aromatic heterocycles. The number of hydrogen-bond acceptors (Lipinski definition) is 7. The Balaban J connectivity index is 1.58. The van der Waals surface area contributed by atoms with Crippen molar-refractivity contribution in [3.63, 3.8) is 0 Å². The first-order valence-electron chi connectivity index (χ1n) is 8.38. The number of aliphatic imine (C=N–C) groups is 1. The predicted octanol–water partition coefficient (Wildman–Crippen LogP) is 4.06. The Kier molecular flexibility index (Phi) is 8.09. The molecule has 0 N–H and O–H groups in total. The molecule has 7 nitrogen and oxygen atoms in total. The van der Waals surface area contributed by atoms with Gasteiger partial charge in [-0.3, -0.25) is 4.79 Å². The molecule has 0 aliphatic carbocycles. The van der Waals surface area contributed by atoms with Crippen LogP contribution in [0.4, 0.5) is 5.69 Å². The first-order chi connectivity index (χ1) is 13.2. The molecule has 0 radical (unpaired) electrons. The fourth-order valence-corrected chi connectivity index (χ4v) is 2.22. The number of ether oxygens (including phenoxy) is 3. The van der Waals surface area contributed by atoms with Gasteiger partial charge in [0.15, 0.2) is 0 Å². The Bertz CT molecular complexity index is 819. The summed E-state index contributed by atoms with van der Waals surface area (Å²) >= 11 is 0. The SMILES string of the molecule is N#COc1ccc(OCCCCCC(=O)Oc2ccc(N=C=O)cc2)cc1. The summed E-state index contributed by atoms with van der Waals surface area (Å²) in [7, 11) is 0. The zero-order valence-corrected chi connectivity index (χ0v) is 14.6. The number of hydrogen-bond donors (Lipinski definition) is 0. The van der Waals surface area contributed by atoms with Crippen LogP contribution in [0.15, 0.2) is 53.5 Å². The number of nitrogens with zero attached hydrogens (tertiary/aromatic N) is 2. The summed E-state index contributed by atoms with van der Waals surface area (Å²) in [5.41, 5.74) is 0.456. The van der Waals surface area contributed by atoms with Gasteiger partial charge in [-0.25, -0.2) is 4.79 Å². The summed E-state index contributed by atoms with van der Waals surface area (Å²) in [5.74, 6) is 1.27. The zero-order valence-electron chi connectivity index (χ0n) is 14.6. The van der Waals surface area contributed by atoms with Gasteiger partial charge in [0.05, 0.1) is 12.3 Å². The molecule has 2 aromatic carbocycles. The minimum absolute atomic E-state index is 0.310. The molecule has 0 spiro atoms. The molecule has 0 bridgehead atoms. The molecule has 0 aliphatic rings. The Labute approximate surface area is 156 Å². The summed E-state index contributed by atoms with van der Waals surface area (Å²) in [6, 6.07) is 13.1. The van der Waals surface area contributed by atoms with Crippen LogP contribution < -0.4 is 14.2 Å². The van der Waals surface area contributed by atoms with Gasteiger partial charge in [-0.15, -0.1) is 5.26 Å². The van der Waals surface area contributed by atoms with Crippen molar-refractivity contribution >= 4 is 17.7 Å². The van der Waals surface area contributed by atoms with Crippen LogP contribution in [0.1, 0.15) is 25.7 Å². The third kappa shape index (κ3) is 7.43. The minimum atomic E-state index is -0.310. The smallest absolute Gasteiger partial charge is 0.311 e. The van der Waals surface area contributed by atoms with E-state index in [1.165, 1.54) is 6.08 Å². The minimum Gasteiger partial charge on any atom is -0.494 e. The fourth-order valence-electron chi connectivity index (χ4n) is 2.22. The maximum atomic E-state index is 11.8. The van der Waals surface area contributed by atoms with Gasteiger partial charge >= 0.3 is 5.97 Å². The van der Waals surface area contributed by atoms with Crippen molar-refractivity contribution in [1.82, 2.24) is 0 Å². The van der Waals surface area contributed by atoms with Crippen LogP contribution in [0.3, 0.4) is 0 Å². The quantitative estimate of drug-likeness (QED) is 0.157. The number of benzene rings is 2. The third-order valence-electron chi connectivity index (χ3n) is 3.52. The molecule has 0 atom stereocenters. The van der Waals surface area contributed by atoms with E-state index in [9.17, 15) is 9.59 Å². The van der Waals surface area contributed by atoms with Crippen molar-refractivity contribution < 1.29 is 23.8 Å². The highest BCUT2D eigenvalue weighted by atomic mass is 16.5. The van der Waals surface area contributed by atoms with Crippen molar-refractivity contribution in [2.24, 2.45) is 4.99 Å². The maximum Gasteiger partial charge on any atom is 0.311 e. The molecule has 0 saturated heterocycles. The Morgan fingerprint density at radius 1 is 0.926 bits per heavy atom. The van der Waals surface area contributed by atoms with Gasteiger partial charge in [0.25, 0.3) is 6.26 Å². The highest BCUT2D eigenvalue weighted by Gasteiger charge is 2.05. The average molecular weight is 366 g/mol. The normalized spacial score (nSPS) is 9.59. The Hall–Kier alpha value is -3.62. The molecule has 0 saturated carbocycles. The van der Waals surface area contributed by atoms with Crippen LogP contribution in [0, 0.1) is 11.5 Å². The summed E-state index contributed by atoms with van der Waals surface area (Å²) in [6.07, 6.45) is 5.70. The summed E-state index contributed by atoms with van der Waals surface area (Å²) in [4.78, 5) is 25.4.